The van der Waals surface area contributed by atoms with Crippen LogP contribution in [0.5, 0.6) is 0 Å². The lowest BCUT2D eigenvalue weighted by Crippen LogP contribution is -2.66. The summed E-state index contributed by atoms with van der Waals surface area (Å²) in [5.41, 5.74) is 0. The smallest absolute Gasteiger partial charge is 0.220 e. The second-order valence-electron chi connectivity index (χ2n) is 23.5. The van der Waals surface area contributed by atoms with Crippen LogP contribution in [0.2, 0.25) is 0 Å². The van der Waals surface area contributed by atoms with Crippen molar-refractivity contribution in [3.8, 4) is 0 Å². The highest BCUT2D eigenvalue weighted by molar-refractivity contribution is 5.76. The van der Waals surface area contributed by atoms with Crippen LogP contribution in [0.15, 0.2) is 109 Å². The number of aliphatic hydroxyl groups excluding tert-OH is 11. The van der Waals surface area contributed by atoms with Gasteiger partial charge in [-0.25, -0.2) is 0 Å². The van der Waals surface area contributed by atoms with Gasteiger partial charge in [0.25, 0.3) is 0 Å². The molecule has 0 aromatic heterocycles. The first-order valence-corrected chi connectivity index (χ1v) is 33.6. The van der Waals surface area contributed by atoms with Crippen LogP contribution in [0.25, 0.3) is 0 Å². The lowest BCUT2D eigenvalue weighted by atomic mass is 9.96. The topological polar surface area (TPSA) is 307 Å². The van der Waals surface area contributed by atoms with Crippen molar-refractivity contribution in [3.63, 3.8) is 0 Å². The van der Waals surface area contributed by atoms with Gasteiger partial charge in [0.05, 0.1) is 38.6 Å². The molecule has 510 valence electrons. The van der Waals surface area contributed by atoms with E-state index in [9.17, 15) is 61.0 Å². The maximum Gasteiger partial charge on any atom is 0.220 e. The van der Waals surface area contributed by atoms with Crippen LogP contribution >= 0.6 is 0 Å². The van der Waals surface area contributed by atoms with Crippen LogP contribution in [0.1, 0.15) is 194 Å². The fourth-order valence-corrected chi connectivity index (χ4v) is 10.6. The number of aliphatic hydroxyl groups is 11. The van der Waals surface area contributed by atoms with Gasteiger partial charge in [0.1, 0.15) is 73.2 Å². The first kappa shape index (κ1) is 79.7. The molecular weight excluding hydrogens is 1140 g/mol. The minimum atomic E-state index is -1.99. The quantitative estimate of drug-likeness (QED) is 0.0201. The van der Waals surface area contributed by atoms with E-state index in [4.69, 9.17) is 28.4 Å². The number of carbonyl (C=O) groups is 1. The maximum atomic E-state index is 13.4. The molecule has 3 aliphatic rings. The van der Waals surface area contributed by atoms with E-state index in [-0.39, 0.29) is 18.9 Å². The molecular formula is C70H117NO18. The van der Waals surface area contributed by atoms with Gasteiger partial charge in [-0.15, -0.1) is 0 Å². The second kappa shape index (κ2) is 50.9. The summed E-state index contributed by atoms with van der Waals surface area (Å²) in [6, 6.07) is -1.000. The Bertz CT molecular complexity index is 2040. The summed E-state index contributed by atoms with van der Waals surface area (Å²) < 4.78 is 34.3. The van der Waals surface area contributed by atoms with E-state index < -0.39 is 124 Å². The van der Waals surface area contributed by atoms with Crippen LogP contribution < -0.4 is 5.32 Å². The molecule has 12 N–H and O–H groups in total. The fraction of sp³-hybridized carbons (Fsp3) is 0.729. The molecule has 19 heteroatoms. The molecule has 3 heterocycles. The van der Waals surface area contributed by atoms with Gasteiger partial charge in [-0.1, -0.05) is 207 Å². The van der Waals surface area contributed by atoms with Crippen molar-refractivity contribution >= 4 is 5.91 Å². The van der Waals surface area contributed by atoms with Crippen LogP contribution in [0.3, 0.4) is 0 Å². The zero-order valence-corrected chi connectivity index (χ0v) is 53.6. The molecule has 17 atom stereocenters. The molecule has 19 nitrogen and oxygen atoms in total. The molecule has 1 amide bonds. The minimum absolute atomic E-state index is 0.221. The average Bonchev–Trinajstić information content (AvgIpc) is 1.92. The number of hydrogen-bond donors (Lipinski definition) is 12. The number of amides is 1. The lowest BCUT2D eigenvalue weighted by molar-refractivity contribution is -0.379. The number of allylic oxidation sites excluding steroid dienone is 17. The number of unbranched alkanes of at least 4 members (excludes halogenated alkanes) is 17. The predicted molar refractivity (Wildman–Crippen MR) is 346 cm³/mol. The standard InChI is InChI=1S/C70H117NO18/c1-3-5-7-9-11-13-15-17-18-19-20-21-22-23-24-25-26-27-28-29-30-31-32-33-34-36-38-40-42-44-46-48-58(76)71-53(54(75)47-45-43-41-39-37-35-16-14-12-10-8-6-4-2)52-84-68-64(82)61(79)66(56(50-73)86-68)89-70-65(83)62(80)67(57(51-74)87-70)88-69-63(81)60(78)59(77)55(49-72)85-69/h5,7,11,13,17-18,20-21,23-24,26-27,29-30,37,39,45,47,53-57,59-70,72-75,77-83H,3-4,6,8-10,12,14-16,19,22,25,28,31-36,38,40-44,46,48-52H2,1-2H3,(H,71,76)/b7-5-,13-11-,18-17-,21-20-,24-23-,27-26-,30-29-,39-37+,47-45+. The van der Waals surface area contributed by atoms with Crippen molar-refractivity contribution in [2.75, 3.05) is 26.4 Å². The number of carbonyl (C=O) groups excluding carboxylic acids is 1. The van der Waals surface area contributed by atoms with Crippen molar-refractivity contribution < 1.29 is 89.4 Å². The second-order valence-corrected chi connectivity index (χ2v) is 23.5. The Morgan fingerprint density at radius 3 is 1.26 bits per heavy atom. The van der Waals surface area contributed by atoms with E-state index in [1.165, 1.54) is 64.2 Å². The van der Waals surface area contributed by atoms with Crippen LogP contribution in [-0.4, -0.2) is 193 Å². The van der Waals surface area contributed by atoms with Crippen molar-refractivity contribution in [2.24, 2.45) is 0 Å². The fourth-order valence-electron chi connectivity index (χ4n) is 10.6. The number of hydrogen-bond acceptors (Lipinski definition) is 18. The number of rotatable bonds is 49. The van der Waals surface area contributed by atoms with Crippen molar-refractivity contribution in [3.05, 3.63) is 109 Å². The summed E-state index contributed by atoms with van der Waals surface area (Å²) in [6.07, 6.45) is 40.7. The van der Waals surface area contributed by atoms with Gasteiger partial charge in [0.15, 0.2) is 18.9 Å². The highest BCUT2D eigenvalue weighted by atomic mass is 16.8. The lowest BCUT2D eigenvalue weighted by Gasteiger charge is -2.48. The van der Waals surface area contributed by atoms with E-state index >= 15 is 0 Å². The van der Waals surface area contributed by atoms with Gasteiger partial charge >= 0.3 is 0 Å². The molecule has 3 rings (SSSR count). The zero-order chi connectivity index (χ0) is 64.7. The number of ether oxygens (including phenoxy) is 6. The normalized spacial score (nSPS) is 28.9. The highest BCUT2D eigenvalue weighted by Gasteiger charge is 2.53. The summed E-state index contributed by atoms with van der Waals surface area (Å²) >= 11 is 0. The molecule has 0 spiro atoms. The summed E-state index contributed by atoms with van der Waals surface area (Å²) in [4.78, 5) is 13.4. The van der Waals surface area contributed by atoms with Gasteiger partial charge in [0, 0.05) is 6.42 Å². The third-order valence-electron chi connectivity index (χ3n) is 16.1. The van der Waals surface area contributed by atoms with Crippen LogP contribution in [0.4, 0.5) is 0 Å². The Kier molecular flexibility index (Phi) is 45.6. The molecule has 0 aliphatic carbocycles. The number of nitrogens with one attached hydrogen (secondary N) is 1. The molecule has 3 saturated heterocycles. The predicted octanol–water partition coefficient (Wildman–Crippen LogP) is 8.27. The largest absolute Gasteiger partial charge is 0.394 e. The molecule has 89 heavy (non-hydrogen) atoms. The van der Waals surface area contributed by atoms with Crippen LogP contribution in [-0.2, 0) is 33.2 Å². The van der Waals surface area contributed by atoms with Crippen molar-refractivity contribution in [2.45, 2.75) is 298 Å². The average molecular weight is 1260 g/mol. The molecule has 0 bridgehead atoms. The Morgan fingerprint density at radius 1 is 0.416 bits per heavy atom. The summed E-state index contributed by atoms with van der Waals surface area (Å²) in [6.45, 7) is 1.55. The monoisotopic (exact) mass is 1260 g/mol. The molecule has 0 radical (unpaired) electrons. The molecule has 3 aliphatic heterocycles. The third kappa shape index (κ3) is 33.2. The third-order valence-corrected chi connectivity index (χ3v) is 16.1. The Morgan fingerprint density at radius 2 is 0.787 bits per heavy atom. The molecule has 3 fully saturated rings. The van der Waals surface area contributed by atoms with E-state index in [1.54, 1.807) is 6.08 Å². The summed E-state index contributed by atoms with van der Waals surface area (Å²) in [5, 5.41) is 120. The summed E-state index contributed by atoms with van der Waals surface area (Å²) in [7, 11) is 0. The Hall–Kier alpha value is -3.55. The zero-order valence-electron chi connectivity index (χ0n) is 53.6. The molecule has 17 unspecified atom stereocenters. The van der Waals surface area contributed by atoms with Crippen molar-refractivity contribution in [1.82, 2.24) is 5.32 Å². The van der Waals surface area contributed by atoms with E-state index in [0.717, 1.165) is 96.3 Å². The molecule has 0 aromatic rings. The summed E-state index contributed by atoms with van der Waals surface area (Å²) in [5.74, 6) is -0.298. The highest BCUT2D eigenvalue weighted by Crippen LogP contribution is 2.33. The van der Waals surface area contributed by atoms with E-state index in [1.807, 2.05) is 6.08 Å². The van der Waals surface area contributed by atoms with Crippen molar-refractivity contribution in [1.29, 1.82) is 0 Å². The first-order valence-electron chi connectivity index (χ1n) is 33.6. The minimum Gasteiger partial charge on any atom is -0.394 e. The van der Waals surface area contributed by atoms with Gasteiger partial charge in [0.2, 0.25) is 5.91 Å². The maximum absolute atomic E-state index is 13.4. The van der Waals surface area contributed by atoms with Gasteiger partial charge in [-0.3, -0.25) is 4.79 Å². The Balaban J connectivity index is 1.41. The van der Waals surface area contributed by atoms with Crippen LogP contribution in [0, 0.1) is 0 Å². The van der Waals surface area contributed by atoms with Gasteiger partial charge in [-0.2, -0.15) is 0 Å². The SMILES string of the molecule is CC/C=C\C/C=C\C/C=C\C/C=C\C/C=C\C/C=C\C/C=C\CCCCCCCCCCCC(=O)NC(COC1OC(CO)C(OC2OC(CO)C(OC3OC(CO)C(O)C(O)C3O)C(O)C2O)C(O)C1O)C(O)/C=C/CC/C=C/CCCCCCCCC. The Labute approximate surface area is 532 Å². The van der Waals surface area contributed by atoms with E-state index in [0.29, 0.717) is 12.8 Å². The molecule has 0 aromatic carbocycles. The first-order chi connectivity index (χ1) is 43.3. The van der Waals surface area contributed by atoms with Gasteiger partial charge in [-0.05, 0) is 89.9 Å². The van der Waals surface area contributed by atoms with E-state index in [2.05, 4.69) is 116 Å². The van der Waals surface area contributed by atoms with Gasteiger partial charge < -0.3 is 89.9 Å². The molecule has 0 saturated carbocycles.